The Morgan fingerprint density at radius 3 is 2.64 bits per heavy atom. The number of carbonyl (C=O) groups is 2. The lowest BCUT2D eigenvalue weighted by atomic mass is 9.97. The average molecular weight is 303 g/mol. The van der Waals surface area contributed by atoms with Crippen molar-refractivity contribution >= 4 is 17.5 Å². The second-order valence-electron chi connectivity index (χ2n) is 6.37. The van der Waals surface area contributed by atoms with Gasteiger partial charge in [0.05, 0.1) is 32.3 Å². The molecule has 0 radical (unpaired) electrons. The normalized spacial score (nSPS) is 29.0. The highest BCUT2D eigenvalue weighted by atomic mass is 16.5. The molecule has 0 aliphatic carbocycles. The Bertz CT molecular complexity index is 579. The molecular weight excluding hydrogens is 280 g/mol. The highest BCUT2D eigenvalue weighted by Gasteiger charge is 2.46. The van der Waals surface area contributed by atoms with Gasteiger partial charge in [-0.15, -0.1) is 0 Å². The van der Waals surface area contributed by atoms with Crippen molar-refractivity contribution in [3.63, 3.8) is 0 Å². The summed E-state index contributed by atoms with van der Waals surface area (Å²) in [6, 6.07) is 6.92. The third kappa shape index (κ3) is 2.73. The largest absolute Gasteiger partial charge is 0.497 e. The van der Waals surface area contributed by atoms with Crippen molar-refractivity contribution in [1.29, 1.82) is 0 Å². The van der Waals surface area contributed by atoms with E-state index in [9.17, 15) is 9.59 Å². The Hall–Kier alpha value is -1.88. The van der Waals surface area contributed by atoms with Crippen molar-refractivity contribution < 1.29 is 19.2 Å². The molecule has 5 heteroatoms. The van der Waals surface area contributed by atoms with Gasteiger partial charge in [-0.1, -0.05) is 13.0 Å². The third-order valence-corrected chi connectivity index (χ3v) is 4.87. The average Bonchev–Trinajstić information content (AvgIpc) is 2.83. The number of methoxy groups -OCH3 is 1. The number of ether oxygens (including phenoxy) is 1. The maximum absolute atomic E-state index is 12.7. The van der Waals surface area contributed by atoms with E-state index in [2.05, 4.69) is 6.92 Å². The number of rotatable bonds is 3. The molecule has 2 saturated heterocycles. The Balaban J connectivity index is 1.79. The van der Waals surface area contributed by atoms with Crippen molar-refractivity contribution in [2.75, 3.05) is 25.1 Å². The molecule has 2 aliphatic heterocycles. The standard InChI is InChI=1S/C17H22N2O3/c1-12-6-8-18(9-7-12)15-11-16(20)19(17(15)21)13-4-3-5-14(10-13)22-2/h3-5,10,12,15H,6-9,11H2,1-2H3/p+1. The molecule has 0 bridgehead atoms. The van der Waals surface area contributed by atoms with E-state index in [1.807, 2.05) is 6.07 Å². The van der Waals surface area contributed by atoms with Crippen molar-refractivity contribution in [2.45, 2.75) is 32.2 Å². The molecule has 0 aromatic heterocycles. The molecule has 1 N–H and O–H groups in total. The van der Waals surface area contributed by atoms with E-state index in [1.54, 1.807) is 25.3 Å². The number of piperidine rings is 1. The first-order valence-electron chi connectivity index (χ1n) is 7.95. The number of hydrogen-bond acceptors (Lipinski definition) is 3. The maximum atomic E-state index is 12.7. The molecule has 2 heterocycles. The van der Waals surface area contributed by atoms with Gasteiger partial charge in [-0.2, -0.15) is 0 Å². The summed E-state index contributed by atoms with van der Waals surface area (Å²) in [4.78, 5) is 27.7. The molecule has 2 aliphatic rings. The van der Waals surface area contributed by atoms with Crippen LogP contribution >= 0.6 is 0 Å². The zero-order chi connectivity index (χ0) is 15.7. The van der Waals surface area contributed by atoms with Gasteiger partial charge in [0.2, 0.25) is 5.91 Å². The van der Waals surface area contributed by atoms with Gasteiger partial charge < -0.3 is 9.64 Å². The van der Waals surface area contributed by atoms with Crippen molar-refractivity contribution in [1.82, 2.24) is 0 Å². The summed E-state index contributed by atoms with van der Waals surface area (Å²) in [7, 11) is 1.58. The Morgan fingerprint density at radius 2 is 1.95 bits per heavy atom. The zero-order valence-electron chi connectivity index (χ0n) is 13.2. The van der Waals surface area contributed by atoms with Gasteiger partial charge in [0.1, 0.15) is 5.75 Å². The molecule has 5 nitrogen and oxygen atoms in total. The molecule has 0 spiro atoms. The lowest BCUT2D eigenvalue weighted by molar-refractivity contribution is -0.920. The van der Waals surface area contributed by atoms with E-state index < -0.39 is 0 Å². The van der Waals surface area contributed by atoms with Gasteiger partial charge in [0.25, 0.3) is 5.91 Å². The molecule has 3 rings (SSSR count). The van der Waals surface area contributed by atoms with E-state index in [0.717, 1.165) is 31.8 Å². The van der Waals surface area contributed by atoms with Crippen molar-refractivity contribution in [3.8, 4) is 5.75 Å². The van der Waals surface area contributed by atoms with Gasteiger partial charge in [0.15, 0.2) is 6.04 Å². The molecule has 118 valence electrons. The van der Waals surface area contributed by atoms with Crippen molar-refractivity contribution in [2.24, 2.45) is 5.92 Å². The van der Waals surface area contributed by atoms with Crippen LogP contribution in [0.25, 0.3) is 0 Å². The topological polar surface area (TPSA) is 51.0 Å². The summed E-state index contributed by atoms with van der Waals surface area (Å²) >= 11 is 0. The lowest BCUT2D eigenvalue weighted by Crippen LogP contribution is -3.17. The van der Waals surface area contributed by atoms with Crippen LogP contribution < -0.4 is 14.5 Å². The Kier molecular flexibility index (Phi) is 4.16. The molecular formula is C17H23N2O3+. The van der Waals surface area contributed by atoms with Crippen LogP contribution in [0, 0.1) is 5.92 Å². The van der Waals surface area contributed by atoms with E-state index in [1.165, 1.54) is 9.80 Å². The molecule has 1 aromatic rings. The van der Waals surface area contributed by atoms with E-state index in [-0.39, 0.29) is 17.9 Å². The molecule has 0 saturated carbocycles. The van der Waals surface area contributed by atoms with Crippen LogP contribution in [-0.2, 0) is 9.59 Å². The van der Waals surface area contributed by atoms with Gasteiger partial charge in [-0.3, -0.25) is 9.59 Å². The summed E-state index contributed by atoms with van der Waals surface area (Å²) in [5, 5.41) is 0. The Labute approximate surface area is 130 Å². The number of carbonyl (C=O) groups excluding carboxylic acids is 2. The second kappa shape index (κ2) is 6.08. The number of nitrogens with zero attached hydrogens (tertiary/aromatic N) is 1. The number of quaternary nitrogens is 1. The highest BCUT2D eigenvalue weighted by molar-refractivity contribution is 6.21. The fraction of sp³-hybridized carbons (Fsp3) is 0.529. The van der Waals surface area contributed by atoms with Gasteiger partial charge in [-0.25, -0.2) is 4.90 Å². The molecule has 2 amide bonds. The van der Waals surface area contributed by atoms with Crippen LogP contribution in [0.3, 0.4) is 0 Å². The smallest absolute Gasteiger partial charge is 0.292 e. The minimum atomic E-state index is -0.216. The molecule has 1 aromatic carbocycles. The van der Waals surface area contributed by atoms with Gasteiger partial charge >= 0.3 is 0 Å². The molecule has 1 atom stereocenters. The van der Waals surface area contributed by atoms with Crippen LogP contribution in [0.4, 0.5) is 5.69 Å². The summed E-state index contributed by atoms with van der Waals surface area (Å²) in [5.74, 6) is 1.21. The maximum Gasteiger partial charge on any atom is 0.292 e. The first-order valence-corrected chi connectivity index (χ1v) is 7.95. The lowest BCUT2D eigenvalue weighted by Gasteiger charge is -2.30. The first kappa shape index (κ1) is 15.0. The van der Waals surface area contributed by atoms with Gasteiger partial charge in [0, 0.05) is 6.07 Å². The SMILES string of the molecule is COc1cccc(N2C(=O)CC([NH+]3CCC(C)CC3)C2=O)c1. The predicted molar refractivity (Wildman–Crippen MR) is 83.0 cm³/mol. The number of anilines is 1. The first-order chi connectivity index (χ1) is 10.6. The minimum Gasteiger partial charge on any atom is -0.497 e. The van der Waals surface area contributed by atoms with Crippen LogP contribution in [0.15, 0.2) is 24.3 Å². The summed E-state index contributed by atoms with van der Waals surface area (Å²) in [5.41, 5.74) is 0.613. The Morgan fingerprint density at radius 1 is 1.23 bits per heavy atom. The monoisotopic (exact) mass is 303 g/mol. The predicted octanol–water partition coefficient (Wildman–Crippen LogP) is 0.642. The second-order valence-corrected chi connectivity index (χ2v) is 6.37. The fourth-order valence-corrected chi connectivity index (χ4v) is 3.45. The van der Waals surface area contributed by atoms with Crippen LogP contribution in [-0.4, -0.2) is 38.1 Å². The number of hydrogen-bond donors (Lipinski definition) is 1. The number of nitrogens with one attached hydrogen (secondary N) is 1. The van der Waals surface area contributed by atoms with Gasteiger partial charge in [-0.05, 0) is 30.9 Å². The third-order valence-electron chi connectivity index (χ3n) is 4.87. The number of likely N-dealkylation sites (tertiary alicyclic amines) is 1. The molecule has 2 fully saturated rings. The summed E-state index contributed by atoms with van der Waals surface area (Å²) in [6.07, 6.45) is 2.58. The summed E-state index contributed by atoms with van der Waals surface area (Å²) < 4.78 is 5.19. The fourth-order valence-electron chi connectivity index (χ4n) is 3.45. The van der Waals surface area contributed by atoms with Crippen LogP contribution in [0.5, 0.6) is 5.75 Å². The van der Waals surface area contributed by atoms with E-state index in [4.69, 9.17) is 4.74 Å². The van der Waals surface area contributed by atoms with Crippen LogP contribution in [0.2, 0.25) is 0 Å². The number of amides is 2. The quantitative estimate of drug-likeness (QED) is 0.834. The van der Waals surface area contributed by atoms with Crippen LogP contribution in [0.1, 0.15) is 26.2 Å². The van der Waals surface area contributed by atoms with E-state index >= 15 is 0 Å². The number of benzene rings is 1. The summed E-state index contributed by atoms with van der Waals surface area (Å²) in [6.45, 7) is 4.22. The minimum absolute atomic E-state index is 0.0668. The molecule has 22 heavy (non-hydrogen) atoms. The van der Waals surface area contributed by atoms with E-state index in [0.29, 0.717) is 17.9 Å². The number of imide groups is 1. The molecule has 1 unspecified atom stereocenters. The zero-order valence-corrected chi connectivity index (χ0v) is 13.2. The highest BCUT2D eigenvalue weighted by Crippen LogP contribution is 2.26. The van der Waals surface area contributed by atoms with Crippen molar-refractivity contribution in [3.05, 3.63) is 24.3 Å².